The Morgan fingerprint density at radius 1 is 1.03 bits per heavy atom. The van der Waals surface area contributed by atoms with E-state index < -0.39 is 0 Å². The van der Waals surface area contributed by atoms with E-state index in [1.54, 1.807) is 17.9 Å². The zero-order valence-corrected chi connectivity index (χ0v) is 19.3. The molecule has 2 amide bonds. The molecule has 1 N–H and O–H groups in total. The van der Waals surface area contributed by atoms with E-state index in [2.05, 4.69) is 10.4 Å². The van der Waals surface area contributed by atoms with Crippen molar-refractivity contribution in [2.24, 2.45) is 5.92 Å². The van der Waals surface area contributed by atoms with Crippen molar-refractivity contribution in [3.63, 3.8) is 0 Å². The fourth-order valence-corrected chi connectivity index (χ4v) is 4.24. The van der Waals surface area contributed by atoms with Gasteiger partial charge in [0.15, 0.2) is 0 Å². The van der Waals surface area contributed by atoms with Crippen LogP contribution in [0.1, 0.15) is 45.7 Å². The Morgan fingerprint density at radius 3 is 2.33 bits per heavy atom. The second-order valence-corrected chi connectivity index (χ2v) is 8.75. The largest absolute Gasteiger partial charge is 0.352 e. The summed E-state index contributed by atoms with van der Waals surface area (Å²) in [6.45, 7) is 7.04. The molecule has 0 aliphatic carbocycles. The van der Waals surface area contributed by atoms with Gasteiger partial charge in [-0.15, -0.1) is 0 Å². The minimum Gasteiger partial charge on any atom is -0.352 e. The van der Waals surface area contributed by atoms with E-state index in [0.29, 0.717) is 43.6 Å². The second kappa shape index (κ2) is 9.57. The predicted molar refractivity (Wildman–Crippen MR) is 125 cm³/mol. The number of aryl methyl sites for hydroxylation is 3. The van der Waals surface area contributed by atoms with E-state index >= 15 is 0 Å². The number of nitrogens with zero attached hydrogens (tertiary/aromatic N) is 3. The molecule has 0 bridgehead atoms. The first-order valence-electron chi connectivity index (χ1n) is 11.3. The van der Waals surface area contributed by atoms with Crippen LogP contribution >= 0.6 is 0 Å². The first-order valence-corrected chi connectivity index (χ1v) is 11.3. The van der Waals surface area contributed by atoms with E-state index in [1.165, 1.54) is 6.07 Å². The molecule has 1 saturated heterocycles. The van der Waals surface area contributed by atoms with Crippen LogP contribution in [0.15, 0.2) is 48.5 Å². The van der Waals surface area contributed by atoms with Gasteiger partial charge < -0.3 is 10.2 Å². The van der Waals surface area contributed by atoms with E-state index in [-0.39, 0.29) is 23.5 Å². The molecular weight excluding hydrogens is 419 g/mol. The Bertz CT molecular complexity index is 1160. The summed E-state index contributed by atoms with van der Waals surface area (Å²) in [6.07, 6.45) is 1.23. The fourth-order valence-electron chi connectivity index (χ4n) is 4.24. The fraction of sp³-hybridized carbons (Fsp3) is 0.346. The van der Waals surface area contributed by atoms with Crippen molar-refractivity contribution >= 4 is 11.8 Å². The summed E-state index contributed by atoms with van der Waals surface area (Å²) in [4.78, 5) is 27.3. The quantitative estimate of drug-likeness (QED) is 0.639. The van der Waals surface area contributed by atoms with Crippen molar-refractivity contribution in [2.75, 3.05) is 13.1 Å². The van der Waals surface area contributed by atoms with Gasteiger partial charge >= 0.3 is 0 Å². The van der Waals surface area contributed by atoms with Crippen LogP contribution in [0, 0.1) is 32.5 Å². The molecule has 1 fully saturated rings. The lowest BCUT2D eigenvalue weighted by molar-refractivity contribution is -0.126. The second-order valence-electron chi connectivity index (χ2n) is 8.75. The summed E-state index contributed by atoms with van der Waals surface area (Å²) < 4.78 is 15.5. The molecule has 0 unspecified atom stereocenters. The number of halogens is 1. The van der Waals surface area contributed by atoms with Crippen LogP contribution in [0.3, 0.4) is 0 Å². The van der Waals surface area contributed by atoms with Crippen molar-refractivity contribution in [3.05, 3.63) is 82.4 Å². The number of amides is 2. The van der Waals surface area contributed by atoms with E-state index in [4.69, 9.17) is 0 Å². The highest BCUT2D eigenvalue weighted by molar-refractivity contribution is 5.94. The Balaban J connectivity index is 1.30. The van der Waals surface area contributed by atoms with Gasteiger partial charge in [0.1, 0.15) is 5.82 Å². The predicted octanol–water partition coefficient (Wildman–Crippen LogP) is 4.11. The van der Waals surface area contributed by atoms with Crippen molar-refractivity contribution in [1.82, 2.24) is 20.0 Å². The summed E-state index contributed by atoms with van der Waals surface area (Å²) in [6, 6.07) is 14.5. The summed E-state index contributed by atoms with van der Waals surface area (Å²) >= 11 is 0. The van der Waals surface area contributed by atoms with Crippen molar-refractivity contribution < 1.29 is 14.0 Å². The zero-order valence-electron chi connectivity index (χ0n) is 19.3. The van der Waals surface area contributed by atoms with Crippen molar-refractivity contribution in [1.29, 1.82) is 0 Å². The number of aromatic nitrogens is 2. The molecule has 0 spiro atoms. The molecular formula is C26H29FN4O2. The van der Waals surface area contributed by atoms with Crippen LogP contribution in [0.5, 0.6) is 0 Å². The molecule has 2 aromatic carbocycles. The average Bonchev–Trinajstić information content (AvgIpc) is 3.17. The normalized spacial score (nSPS) is 14.4. The van der Waals surface area contributed by atoms with E-state index in [0.717, 1.165) is 22.6 Å². The molecule has 1 aliphatic rings. The van der Waals surface area contributed by atoms with Gasteiger partial charge in [0.25, 0.3) is 5.91 Å². The van der Waals surface area contributed by atoms with Gasteiger partial charge in [-0.05, 0) is 81.1 Å². The lowest BCUT2D eigenvalue weighted by Crippen LogP contribution is -2.42. The van der Waals surface area contributed by atoms with Gasteiger partial charge in [-0.2, -0.15) is 5.10 Å². The van der Waals surface area contributed by atoms with Crippen LogP contribution in [0.25, 0.3) is 5.69 Å². The number of hydrogen-bond acceptors (Lipinski definition) is 3. The number of carbonyl (C=O) groups is 2. The van der Waals surface area contributed by atoms with E-state index in [1.807, 2.05) is 54.9 Å². The highest BCUT2D eigenvalue weighted by atomic mass is 19.1. The number of nitrogens with one attached hydrogen (secondary N) is 1. The third kappa shape index (κ3) is 5.13. The summed E-state index contributed by atoms with van der Waals surface area (Å²) in [5.41, 5.74) is 4.86. The molecule has 33 heavy (non-hydrogen) atoms. The summed E-state index contributed by atoms with van der Waals surface area (Å²) in [5.74, 6) is -0.476. The molecule has 1 aliphatic heterocycles. The summed E-state index contributed by atoms with van der Waals surface area (Å²) in [7, 11) is 0. The number of benzene rings is 2. The molecule has 1 aromatic heterocycles. The Kier molecular flexibility index (Phi) is 6.58. The molecule has 0 saturated carbocycles. The van der Waals surface area contributed by atoms with Crippen molar-refractivity contribution in [2.45, 2.75) is 40.2 Å². The summed E-state index contributed by atoms with van der Waals surface area (Å²) in [5, 5.41) is 7.38. The van der Waals surface area contributed by atoms with Gasteiger partial charge in [-0.3, -0.25) is 9.59 Å². The average molecular weight is 449 g/mol. The zero-order chi connectivity index (χ0) is 23.5. The van der Waals surface area contributed by atoms with Gasteiger partial charge in [-0.1, -0.05) is 12.1 Å². The highest BCUT2D eigenvalue weighted by Crippen LogP contribution is 2.21. The maximum Gasteiger partial charge on any atom is 0.253 e. The third-order valence-electron chi connectivity index (χ3n) is 6.22. The topological polar surface area (TPSA) is 67.2 Å². The Hall–Kier alpha value is -3.48. The Labute approximate surface area is 193 Å². The molecule has 4 rings (SSSR count). The first-order chi connectivity index (χ1) is 15.8. The number of likely N-dealkylation sites (tertiary alicyclic amines) is 1. The molecule has 172 valence electrons. The lowest BCUT2D eigenvalue weighted by Gasteiger charge is -2.31. The lowest BCUT2D eigenvalue weighted by atomic mass is 9.95. The minimum absolute atomic E-state index is 0.0242. The SMILES string of the molecule is Cc1cc(C)n(-c2ccc(C(=O)N3CCC(C(=O)NCc4ccc(C)c(F)c4)CC3)cc2)n1. The van der Waals surface area contributed by atoms with Gasteiger partial charge in [-0.25, -0.2) is 9.07 Å². The third-order valence-corrected chi connectivity index (χ3v) is 6.22. The number of hydrogen-bond donors (Lipinski definition) is 1. The maximum atomic E-state index is 13.7. The minimum atomic E-state index is -0.267. The standard InChI is InChI=1S/C26H29FN4O2/c1-17-4-5-20(15-24(17)27)16-28-25(32)21-10-12-30(13-11-21)26(33)22-6-8-23(9-7-22)31-19(3)14-18(2)29-31/h4-9,14-15,21H,10-13,16H2,1-3H3,(H,28,32). The molecule has 0 atom stereocenters. The molecule has 7 heteroatoms. The molecule has 0 radical (unpaired) electrons. The van der Waals surface area contributed by atoms with Crippen molar-refractivity contribution in [3.8, 4) is 5.69 Å². The molecule has 6 nitrogen and oxygen atoms in total. The first kappa shape index (κ1) is 22.7. The van der Waals surface area contributed by atoms with Crippen LogP contribution in [-0.4, -0.2) is 39.6 Å². The van der Waals surface area contributed by atoms with E-state index in [9.17, 15) is 14.0 Å². The molecule has 3 aromatic rings. The smallest absolute Gasteiger partial charge is 0.253 e. The monoisotopic (exact) mass is 448 g/mol. The van der Waals surface area contributed by atoms with Crippen LogP contribution in [-0.2, 0) is 11.3 Å². The van der Waals surface area contributed by atoms with Crippen LogP contribution in [0.2, 0.25) is 0 Å². The Morgan fingerprint density at radius 2 is 1.73 bits per heavy atom. The van der Waals surface area contributed by atoms with Crippen LogP contribution < -0.4 is 5.32 Å². The number of rotatable bonds is 5. The van der Waals surface area contributed by atoms with Gasteiger partial charge in [0.05, 0.1) is 11.4 Å². The van der Waals surface area contributed by atoms with Gasteiger partial charge in [0, 0.05) is 36.8 Å². The highest BCUT2D eigenvalue weighted by Gasteiger charge is 2.27. The molecule has 2 heterocycles. The number of carbonyl (C=O) groups excluding carboxylic acids is 2. The van der Waals surface area contributed by atoms with Crippen LogP contribution in [0.4, 0.5) is 4.39 Å². The maximum absolute atomic E-state index is 13.7. The number of piperidine rings is 1. The van der Waals surface area contributed by atoms with Gasteiger partial charge in [0.2, 0.25) is 5.91 Å².